The fourth-order valence-electron chi connectivity index (χ4n) is 3.60. The number of amides is 1. The van der Waals surface area contributed by atoms with Gasteiger partial charge >= 0.3 is 5.97 Å². The van der Waals surface area contributed by atoms with Crippen molar-refractivity contribution >= 4 is 35.3 Å². The van der Waals surface area contributed by atoms with Crippen LogP contribution >= 0.6 is 12.2 Å². The molecule has 0 spiro atoms. The second kappa shape index (κ2) is 9.19. The molecule has 0 unspecified atom stereocenters. The van der Waals surface area contributed by atoms with E-state index in [1.54, 1.807) is 28.9 Å². The summed E-state index contributed by atoms with van der Waals surface area (Å²) in [4.78, 5) is 27.9. The molecule has 6 nitrogen and oxygen atoms in total. The average molecular weight is 403 g/mol. The van der Waals surface area contributed by atoms with Crippen LogP contribution in [-0.2, 0) is 14.3 Å². The summed E-state index contributed by atoms with van der Waals surface area (Å²) in [6, 6.07) is 7.44. The largest absolute Gasteiger partial charge is 0.482 e. The smallest absolute Gasteiger partial charge is 0.344 e. The lowest BCUT2D eigenvalue weighted by Gasteiger charge is -2.30. The Bertz CT molecular complexity index is 769. The summed E-state index contributed by atoms with van der Waals surface area (Å²) in [7, 11) is 1.84. The van der Waals surface area contributed by atoms with E-state index in [2.05, 4.69) is 0 Å². The Morgan fingerprint density at radius 3 is 2.54 bits per heavy atom. The Morgan fingerprint density at radius 2 is 1.89 bits per heavy atom. The molecule has 0 N–H and O–H groups in total. The maximum absolute atomic E-state index is 13.0. The molecule has 1 aliphatic heterocycles. The maximum Gasteiger partial charge on any atom is 0.344 e. The van der Waals surface area contributed by atoms with Crippen molar-refractivity contribution in [2.24, 2.45) is 0 Å². The summed E-state index contributed by atoms with van der Waals surface area (Å²) in [6.45, 7) is 1.96. The highest BCUT2D eigenvalue weighted by molar-refractivity contribution is 7.80. The number of likely N-dealkylation sites (N-methyl/N-ethyl adjacent to an activating group) is 1. The van der Waals surface area contributed by atoms with Gasteiger partial charge in [0.15, 0.2) is 11.7 Å². The first-order valence-corrected chi connectivity index (χ1v) is 10.1. The first kappa shape index (κ1) is 20.3. The number of ether oxygens (including phenoxy) is 2. The van der Waals surface area contributed by atoms with Gasteiger partial charge in [-0.05, 0) is 55.8 Å². The van der Waals surface area contributed by atoms with Crippen molar-refractivity contribution in [3.8, 4) is 5.75 Å². The molecular formula is C21H26N2O4S. The molecule has 1 heterocycles. The van der Waals surface area contributed by atoms with Crippen LogP contribution in [0.4, 0.5) is 0 Å². The fourth-order valence-corrected chi connectivity index (χ4v) is 3.93. The van der Waals surface area contributed by atoms with E-state index in [0.717, 1.165) is 31.2 Å². The number of nitrogens with zero attached hydrogens (tertiary/aromatic N) is 2. The maximum atomic E-state index is 13.0. The molecule has 2 aliphatic rings. The number of hydrogen-bond acceptors (Lipinski definition) is 5. The predicted molar refractivity (Wildman–Crippen MR) is 111 cm³/mol. The number of carbonyl (C=O) groups excluding carboxylic acids is 2. The van der Waals surface area contributed by atoms with E-state index in [1.165, 1.54) is 6.42 Å². The molecule has 1 amide bonds. The summed E-state index contributed by atoms with van der Waals surface area (Å²) in [5.74, 6) is 0.144. The topological polar surface area (TPSA) is 59.1 Å². The van der Waals surface area contributed by atoms with Crippen LogP contribution in [0.2, 0.25) is 0 Å². The number of carbonyl (C=O) groups is 2. The van der Waals surface area contributed by atoms with Gasteiger partial charge in [-0.15, -0.1) is 0 Å². The molecule has 150 valence electrons. The van der Waals surface area contributed by atoms with Crippen LogP contribution in [0.1, 0.15) is 44.6 Å². The average Bonchev–Trinajstić information content (AvgIpc) is 2.91. The van der Waals surface area contributed by atoms with E-state index in [1.807, 2.05) is 25.3 Å². The number of rotatable bonds is 6. The standard InChI is InChI=1S/C21H26N2O4S/c1-3-26-19(24)14-27-17-11-9-15(10-12-17)13-18-20(25)23(21(28)22(18)2)16-7-5-4-6-8-16/h9-13,16H,3-8,14H2,1-2H3/b18-13+. The summed E-state index contributed by atoms with van der Waals surface area (Å²) in [5.41, 5.74) is 1.45. The van der Waals surface area contributed by atoms with Crippen LogP contribution in [0.15, 0.2) is 30.0 Å². The van der Waals surface area contributed by atoms with Gasteiger partial charge in [0.25, 0.3) is 5.91 Å². The summed E-state index contributed by atoms with van der Waals surface area (Å²) < 4.78 is 10.2. The second-order valence-corrected chi connectivity index (χ2v) is 7.37. The van der Waals surface area contributed by atoms with Crippen LogP contribution in [0.5, 0.6) is 5.75 Å². The number of esters is 1. The summed E-state index contributed by atoms with van der Waals surface area (Å²) in [6.07, 6.45) is 7.39. The van der Waals surface area contributed by atoms with Gasteiger partial charge in [0, 0.05) is 13.1 Å². The first-order valence-electron chi connectivity index (χ1n) is 9.72. The molecule has 1 aliphatic carbocycles. The lowest BCUT2D eigenvalue weighted by Crippen LogP contribution is -2.41. The minimum absolute atomic E-state index is 0.0259. The Labute approximate surface area is 171 Å². The predicted octanol–water partition coefficient (Wildman–Crippen LogP) is 3.36. The van der Waals surface area contributed by atoms with Crippen molar-refractivity contribution in [3.63, 3.8) is 0 Å². The zero-order valence-corrected chi connectivity index (χ0v) is 17.2. The van der Waals surface area contributed by atoms with Crippen molar-refractivity contribution in [3.05, 3.63) is 35.5 Å². The quantitative estimate of drug-likeness (QED) is 0.413. The highest BCUT2D eigenvalue weighted by Gasteiger charge is 2.40. The number of benzene rings is 1. The highest BCUT2D eigenvalue weighted by Crippen LogP contribution is 2.30. The van der Waals surface area contributed by atoms with Crippen LogP contribution in [0.25, 0.3) is 6.08 Å². The molecule has 1 aromatic carbocycles. The molecule has 0 radical (unpaired) electrons. The van der Waals surface area contributed by atoms with Crippen LogP contribution in [0.3, 0.4) is 0 Å². The molecule has 1 saturated carbocycles. The molecule has 7 heteroatoms. The molecule has 0 atom stereocenters. The van der Waals surface area contributed by atoms with E-state index in [0.29, 0.717) is 23.2 Å². The molecule has 0 aromatic heterocycles. The van der Waals surface area contributed by atoms with E-state index >= 15 is 0 Å². The van der Waals surface area contributed by atoms with Crippen LogP contribution in [0, 0.1) is 0 Å². The van der Waals surface area contributed by atoms with Crippen molar-refractivity contribution in [1.29, 1.82) is 0 Å². The van der Waals surface area contributed by atoms with Gasteiger partial charge in [0.2, 0.25) is 0 Å². The van der Waals surface area contributed by atoms with Crippen molar-refractivity contribution in [1.82, 2.24) is 9.80 Å². The van der Waals surface area contributed by atoms with E-state index in [4.69, 9.17) is 21.7 Å². The zero-order valence-electron chi connectivity index (χ0n) is 16.3. The Morgan fingerprint density at radius 1 is 1.21 bits per heavy atom. The fraction of sp³-hybridized carbons (Fsp3) is 0.476. The number of hydrogen-bond donors (Lipinski definition) is 0. The molecule has 3 rings (SSSR count). The minimum Gasteiger partial charge on any atom is -0.482 e. The van der Waals surface area contributed by atoms with Crippen molar-refractivity contribution in [2.45, 2.75) is 45.1 Å². The lowest BCUT2D eigenvalue weighted by atomic mass is 9.94. The van der Waals surface area contributed by atoms with Gasteiger partial charge < -0.3 is 14.4 Å². The third-order valence-corrected chi connectivity index (χ3v) is 5.55. The Balaban J connectivity index is 1.69. The van der Waals surface area contributed by atoms with Crippen LogP contribution < -0.4 is 4.74 Å². The second-order valence-electron chi connectivity index (χ2n) is 7.00. The molecular weight excluding hydrogens is 376 g/mol. The van der Waals surface area contributed by atoms with E-state index < -0.39 is 5.97 Å². The summed E-state index contributed by atoms with van der Waals surface area (Å²) >= 11 is 5.54. The van der Waals surface area contributed by atoms with Gasteiger partial charge in [-0.25, -0.2) is 4.79 Å². The normalized spacial score (nSPS) is 19.4. The Kier molecular flexibility index (Phi) is 6.67. The van der Waals surface area contributed by atoms with E-state index in [9.17, 15) is 9.59 Å². The van der Waals surface area contributed by atoms with Gasteiger partial charge in [0.05, 0.1) is 6.61 Å². The molecule has 0 bridgehead atoms. The zero-order chi connectivity index (χ0) is 20.1. The third-order valence-electron chi connectivity index (χ3n) is 5.08. The van der Waals surface area contributed by atoms with E-state index in [-0.39, 0.29) is 18.6 Å². The summed E-state index contributed by atoms with van der Waals surface area (Å²) in [5, 5.41) is 0.581. The number of thiocarbonyl (C=S) groups is 1. The van der Waals surface area contributed by atoms with Gasteiger partial charge in [-0.2, -0.15) is 0 Å². The molecule has 28 heavy (non-hydrogen) atoms. The molecule has 1 aromatic rings. The third kappa shape index (κ3) is 4.52. The van der Waals surface area contributed by atoms with Gasteiger partial charge in [0.1, 0.15) is 11.4 Å². The minimum atomic E-state index is -0.400. The van der Waals surface area contributed by atoms with Crippen LogP contribution in [-0.4, -0.2) is 53.1 Å². The van der Waals surface area contributed by atoms with Crippen molar-refractivity contribution in [2.75, 3.05) is 20.3 Å². The Hall–Kier alpha value is -2.41. The monoisotopic (exact) mass is 402 g/mol. The highest BCUT2D eigenvalue weighted by atomic mass is 32.1. The SMILES string of the molecule is CCOC(=O)COc1ccc(/C=C2\C(=O)N(C3CCCCC3)C(=S)N2C)cc1. The van der Waals surface area contributed by atoms with Gasteiger partial charge in [-0.1, -0.05) is 31.4 Å². The first-order chi connectivity index (χ1) is 13.5. The van der Waals surface area contributed by atoms with Crippen molar-refractivity contribution < 1.29 is 19.1 Å². The molecule has 2 fully saturated rings. The van der Waals surface area contributed by atoms with Gasteiger partial charge in [-0.3, -0.25) is 9.69 Å². The lowest BCUT2D eigenvalue weighted by molar-refractivity contribution is -0.145. The molecule has 1 saturated heterocycles.